The van der Waals surface area contributed by atoms with Crippen LogP contribution in [-0.2, 0) is 33.2 Å². The van der Waals surface area contributed by atoms with Crippen molar-refractivity contribution in [3.63, 3.8) is 0 Å². The van der Waals surface area contributed by atoms with Crippen molar-refractivity contribution in [3.8, 4) is 33.1 Å². The Bertz CT molecular complexity index is 2460. The molecule has 3 fully saturated rings. The SMILES string of the molecule is CC[C@H]1OC(=O)[C@H](C)[C@@H](O[C@@H]2C[C@@](C)(OC)[C@@H](O)[C@@H](C)O2)[C@H](C)[C@@H](O[C@@H]2O[C@H](C)C[C@H](N(C)CCCNC(=O)c3cc4c(s3)-c3cc(Cl)ccc3Oc3ccccc3-4)[C@H]2O)[C@](C)(O)C[C@@H](C)CN(C)[C@H](C)[C@@H](O)[C@]1(C)O. The van der Waals surface area contributed by atoms with E-state index in [1.807, 2.05) is 87.1 Å². The van der Waals surface area contributed by atoms with Gasteiger partial charge < -0.3 is 73.8 Å². The summed E-state index contributed by atoms with van der Waals surface area (Å²) in [5.74, 6) is -1.70. The Morgan fingerprint density at radius 1 is 0.934 bits per heavy atom. The molecule has 424 valence electrons. The van der Waals surface area contributed by atoms with Crippen LogP contribution in [0, 0.1) is 17.8 Å². The summed E-state index contributed by atoms with van der Waals surface area (Å²) in [4.78, 5) is 33.7. The molecule has 3 aromatic rings. The van der Waals surface area contributed by atoms with Gasteiger partial charge in [-0.05, 0) is 131 Å². The fourth-order valence-corrected chi connectivity index (χ4v) is 13.3. The molecule has 0 unspecified atom stereocenters. The second kappa shape index (κ2) is 24.6. The number of thiophene rings is 1. The normalized spacial score (nSPS) is 37.8. The first-order valence-electron chi connectivity index (χ1n) is 27.0. The first-order chi connectivity index (χ1) is 35.7. The number of fused-ring (bicyclic) bond motifs is 5. The maximum absolute atomic E-state index is 14.5. The van der Waals surface area contributed by atoms with Gasteiger partial charge in [-0.1, -0.05) is 50.6 Å². The van der Waals surface area contributed by atoms with Gasteiger partial charge in [0, 0.05) is 71.2 Å². The van der Waals surface area contributed by atoms with Gasteiger partial charge in [0.2, 0.25) is 0 Å². The molecule has 7 rings (SSSR count). The summed E-state index contributed by atoms with van der Waals surface area (Å²) in [7, 11) is 5.25. The minimum absolute atomic E-state index is 0.0901. The van der Waals surface area contributed by atoms with Gasteiger partial charge in [0.25, 0.3) is 5.91 Å². The van der Waals surface area contributed by atoms with E-state index in [-0.39, 0.29) is 37.2 Å². The van der Waals surface area contributed by atoms with Crippen molar-refractivity contribution in [2.45, 2.75) is 192 Å². The molecule has 0 radical (unpaired) electrons. The third kappa shape index (κ3) is 13.0. The van der Waals surface area contributed by atoms with Crippen molar-refractivity contribution in [2.75, 3.05) is 40.8 Å². The average molecular weight is 1100 g/mol. The van der Waals surface area contributed by atoms with E-state index in [2.05, 4.69) is 5.32 Å². The van der Waals surface area contributed by atoms with Gasteiger partial charge in [0.15, 0.2) is 12.6 Å². The largest absolute Gasteiger partial charge is 0.459 e. The minimum Gasteiger partial charge on any atom is -0.459 e. The number of ether oxygens (including phenoxy) is 7. The Morgan fingerprint density at radius 3 is 2.33 bits per heavy atom. The van der Waals surface area contributed by atoms with Crippen LogP contribution in [0.1, 0.15) is 111 Å². The molecule has 0 saturated carbocycles. The number of aliphatic hydroxyl groups is 5. The molecule has 0 spiro atoms. The molecule has 0 aliphatic carbocycles. The van der Waals surface area contributed by atoms with Gasteiger partial charge in [-0.25, -0.2) is 0 Å². The van der Waals surface area contributed by atoms with Gasteiger partial charge in [-0.3, -0.25) is 9.59 Å². The van der Waals surface area contributed by atoms with E-state index in [1.165, 1.54) is 25.4 Å². The molecule has 0 bridgehead atoms. The molecule has 18 atom stereocenters. The van der Waals surface area contributed by atoms with Crippen molar-refractivity contribution in [1.29, 1.82) is 0 Å². The monoisotopic (exact) mass is 1100 g/mol. The number of hydrogen-bond acceptors (Lipinski definition) is 17. The lowest BCUT2D eigenvalue weighted by Gasteiger charge is -2.49. The first kappa shape index (κ1) is 60.3. The molecule has 5 heterocycles. The fraction of sp³-hybridized carbons (Fsp3) is 0.684. The summed E-state index contributed by atoms with van der Waals surface area (Å²) in [6.45, 7) is 18.8. The average Bonchev–Trinajstić information content (AvgIpc) is 3.78. The lowest BCUT2D eigenvalue weighted by molar-refractivity contribution is -0.318. The van der Waals surface area contributed by atoms with Gasteiger partial charge in [-0.2, -0.15) is 0 Å². The van der Waals surface area contributed by atoms with Crippen LogP contribution in [0.15, 0.2) is 48.5 Å². The second-order valence-corrected chi connectivity index (χ2v) is 24.4. The van der Waals surface area contributed by atoms with Crippen molar-refractivity contribution in [1.82, 2.24) is 15.1 Å². The highest BCUT2D eigenvalue weighted by Crippen LogP contribution is 2.51. The zero-order valence-corrected chi connectivity index (χ0v) is 48.1. The number of aliphatic hydroxyl groups excluding tert-OH is 3. The number of nitrogens with one attached hydrogen (secondary N) is 1. The molecule has 4 aliphatic rings. The van der Waals surface area contributed by atoms with E-state index in [0.717, 1.165) is 21.6 Å². The number of methoxy groups -OCH3 is 1. The Hall–Kier alpha value is -3.31. The smallest absolute Gasteiger partial charge is 0.311 e. The number of esters is 1. The molecular formula is C57H84ClN3O14S. The van der Waals surface area contributed by atoms with E-state index in [0.29, 0.717) is 53.9 Å². The summed E-state index contributed by atoms with van der Waals surface area (Å²) < 4.78 is 44.6. The third-order valence-corrected chi connectivity index (χ3v) is 18.0. The molecule has 2 aromatic carbocycles. The predicted molar refractivity (Wildman–Crippen MR) is 290 cm³/mol. The standard InChI is InChI=1S/C57H84ClN3O14S/c1-14-44-57(10,68)49(63)34(6)61(12)29-30(2)27-55(8,67)51(32(4)47(33(5)53(66)73-44)74-45-28-56(9,69-13)50(64)35(7)71-45)75-54-46(62)40(24-31(3)70-54)60(11)23-17-22-59-52(65)43-26-38-37-18-15-16-19-41(37)72-42-21-20-36(58)25-39(42)48(38)76-43/h15-16,18-21,25-26,30-35,40,44-47,49-51,54,62-64,67-68H,14,17,22-24,27-29H2,1-13H3,(H,59,65)/t30-,31-,32+,33-,34-,35-,40+,44-,45-,46-,47+,49-,50+,51-,54+,55-,56-,57-/m1/s1. The lowest BCUT2D eigenvalue weighted by atomic mass is 9.77. The van der Waals surface area contributed by atoms with E-state index >= 15 is 0 Å². The number of carbonyl (C=O) groups excluding carboxylic acids is 2. The molecule has 3 saturated heterocycles. The zero-order chi connectivity index (χ0) is 55.8. The second-order valence-electron chi connectivity index (χ2n) is 22.9. The van der Waals surface area contributed by atoms with Gasteiger partial charge in [0.1, 0.15) is 41.5 Å². The topological polar surface area (TPSA) is 218 Å². The van der Waals surface area contributed by atoms with Crippen LogP contribution in [0.5, 0.6) is 11.5 Å². The predicted octanol–water partition coefficient (Wildman–Crippen LogP) is 7.25. The van der Waals surface area contributed by atoms with Gasteiger partial charge in [0.05, 0.1) is 46.4 Å². The van der Waals surface area contributed by atoms with Crippen molar-refractivity contribution < 1.29 is 68.3 Å². The zero-order valence-electron chi connectivity index (χ0n) is 46.5. The Labute approximate surface area is 458 Å². The molecular weight excluding hydrogens is 1020 g/mol. The number of benzene rings is 2. The van der Waals surface area contributed by atoms with Crippen molar-refractivity contribution >= 4 is 34.8 Å². The maximum atomic E-state index is 14.5. The molecule has 1 amide bonds. The van der Waals surface area contributed by atoms with Gasteiger partial charge in [-0.15, -0.1) is 11.3 Å². The highest BCUT2D eigenvalue weighted by atomic mass is 35.5. The maximum Gasteiger partial charge on any atom is 0.311 e. The Morgan fingerprint density at radius 2 is 1.63 bits per heavy atom. The minimum atomic E-state index is -1.85. The van der Waals surface area contributed by atoms with Crippen LogP contribution in [0.25, 0.3) is 21.6 Å². The lowest BCUT2D eigenvalue weighted by Crippen LogP contribution is -2.61. The number of cyclic esters (lactones) is 1. The van der Waals surface area contributed by atoms with Crippen LogP contribution in [0.2, 0.25) is 5.02 Å². The number of hydrogen-bond donors (Lipinski definition) is 6. The summed E-state index contributed by atoms with van der Waals surface area (Å²) in [5.41, 5.74) is -1.99. The van der Waals surface area contributed by atoms with E-state index in [1.54, 1.807) is 47.6 Å². The molecule has 4 aliphatic heterocycles. The number of rotatable bonds is 12. The summed E-state index contributed by atoms with van der Waals surface area (Å²) >= 11 is 7.83. The fourth-order valence-electron chi connectivity index (χ4n) is 12.0. The highest BCUT2D eigenvalue weighted by molar-refractivity contribution is 7.18. The van der Waals surface area contributed by atoms with Crippen molar-refractivity contribution in [2.24, 2.45) is 17.8 Å². The quantitative estimate of drug-likeness (QED) is 0.0608. The number of amides is 1. The Balaban J connectivity index is 1.11. The number of halogens is 1. The van der Waals surface area contributed by atoms with E-state index < -0.39 is 102 Å². The van der Waals surface area contributed by atoms with Crippen molar-refractivity contribution in [3.05, 3.63) is 58.4 Å². The first-order valence-corrected chi connectivity index (χ1v) is 28.2. The third-order valence-electron chi connectivity index (χ3n) is 16.6. The summed E-state index contributed by atoms with van der Waals surface area (Å²) in [6, 6.07) is 14.1. The molecule has 1 aromatic heterocycles. The van der Waals surface area contributed by atoms with Crippen LogP contribution in [-0.4, -0.2) is 178 Å². The number of carbonyl (C=O) groups is 2. The van der Waals surface area contributed by atoms with Crippen LogP contribution in [0.3, 0.4) is 0 Å². The molecule has 76 heavy (non-hydrogen) atoms. The Kier molecular flexibility index (Phi) is 19.5. The number of para-hydroxylation sites is 1. The molecule has 17 nitrogen and oxygen atoms in total. The summed E-state index contributed by atoms with van der Waals surface area (Å²) in [5, 5.41) is 63.5. The number of nitrogens with zero attached hydrogens (tertiary/aromatic N) is 2. The molecule has 19 heteroatoms. The summed E-state index contributed by atoms with van der Waals surface area (Å²) in [6.07, 6.45) is -8.74. The van der Waals surface area contributed by atoms with E-state index in [4.69, 9.17) is 44.8 Å². The van der Waals surface area contributed by atoms with E-state index in [9.17, 15) is 35.1 Å². The van der Waals surface area contributed by atoms with Crippen LogP contribution >= 0.6 is 22.9 Å². The highest BCUT2D eigenvalue weighted by Gasteiger charge is 2.53. The van der Waals surface area contributed by atoms with Gasteiger partial charge >= 0.3 is 5.97 Å². The van der Waals surface area contributed by atoms with Crippen LogP contribution < -0.4 is 10.1 Å². The molecule has 6 N–H and O–H groups in total. The van der Waals surface area contributed by atoms with Crippen LogP contribution in [0.4, 0.5) is 0 Å². The number of likely N-dealkylation sites (N-methyl/N-ethyl adjacent to an activating group) is 2.